The van der Waals surface area contributed by atoms with Crippen LogP contribution in [0.2, 0.25) is 0 Å². The van der Waals surface area contributed by atoms with Crippen LogP contribution in [-0.2, 0) is 14.6 Å². The van der Waals surface area contributed by atoms with Gasteiger partial charge in [0.15, 0.2) is 9.84 Å². The molecule has 2 rings (SSSR count). The predicted octanol–water partition coefficient (Wildman–Crippen LogP) is 0.113. The SMILES string of the molecule is O=C(O)CC1CCCN1C1CCS(=O)(=O)C1. The van der Waals surface area contributed by atoms with E-state index in [0.29, 0.717) is 6.42 Å². The molecule has 2 saturated heterocycles. The molecule has 2 aliphatic rings. The van der Waals surface area contributed by atoms with Crippen LogP contribution in [0.25, 0.3) is 0 Å². The third-order valence-corrected chi connectivity index (χ3v) is 5.26. The molecule has 2 heterocycles. The summed E-state index contributed by atoms with van der Waals surface area (Å²) in [5.41, 5.74) is 0. The summed E-state index contributed by atoms with van der Waals surface area (Å²) in [5.74, 6) is -0.324. The van der Waals surface area contributed by atoms with Gasteiger partial charge in [0.05, 0.1) is 17.9 Å². The van der Waals surface area contributed by atoms with Crippen molar-refractivity contribution in [2.24, 2.45) is 0 Å². The largest absolute Gasteiger partial charge is 0.481 e. The number of nitrogens with zero attached hydrogens (tertiary/aromatic N) is 1. The topological polar surface area (TPSA) is 74.7 Å². The minimum Gasteiger partial charge on any atom is -0.481 e. The van der Waals surface area contributed by atoms with Crippen molar-refractivity contribution in [3.8, 4) is 0 Å². The molecule has 16 heavy (non-hydrogen) atoms. The van der Waals surface area contributed by atoms with E-state index in [1.165, 1.54) is 0 Å². The Morgan fingerprint density at radius 1 is 1.38 bits per heavy atom. The first-order valence-corrected chi connectivity index (χ1v) is 7.48. The molecule has 2 fully saturated rings. The lowest BCUT2D eigenvalue weighted by molar-refractivity contribution is -0.138. The highest BCUT2D eigenvalue weighted by Crippen LogP contribution is 2.28. The van der Waals surface area contributed by atoms with Crippen molar-refractivity contribution in [3.05, 3.63) is 0 Å². The average Bonchev–Trinajstić information content (AvgIpc) is 2.71. The van der Waals surface area contributed by atoms with Gasteiger partial charge in [-0.2, -0.15) is 0 Å². The molecule has 0 aromatic carbocycles. The van der Waals surface area contributed by atoms with Crippen molar-refractivity contribution < 1.29 is 18.3 Å². The highest BCUT2D eigenvalue weighted by atomic mass is 32.2. The summed E-state index contributed by atoms with van der Waals surface area (Å²) in [5, 5.41) is 8.79. The minimum atomic E-state index is -2.87. The van der Waals surface area contributed by atoms with E-state index in [1.54, 1.807) is 0 Å². The second kappa shape index (κ2) is 4.33. The molecule has 0 aliphatic carbocycles. The van der Waals surface area contributed by atoms with Gasteiger partial charge in [0.1, 0.15) is 0 Å². The molecule has 0 spiro atoms. The van der Waals surface area contributed by atoms with Crippen LogP contribution in [0.3, 0.4) is 0 Å². The molecule has 0 saturated carbocycles. The molecule has 0 aromatic rings. The fourth-order valence-electron chi connectivity index (χ4n) is 2.80. The second-order valence-corrected chi connectivity index (χ2v) is 6.92. The Morgan fingerprint density at radius 3 is 2.69 bits per heavy atom. The molecule has 6 heteroatoms. The lowest BCUT2D eigenvalue weighted by atomic mass is 10.1. The van der Waals surface area contributed by atoms with E-state index in [2.05, 4.69) is 4.90 Å². The molecule has 5 nitrogen and oxygen atoms in total. The molecule has 1 N–H and O–H groups in total. The monoisotopic (exact) mass is 247 g/mol. The number of aliphatic carboxylic acids is 1. The minimum absolute atomic E-state index is 0.0378. The van der Waals surface area contributed by atoms with Crippen LogP contribution in [0.15, 0.2) is 0 Å². The van der Waals surface area contributed by atoms with Crippen molar-refractivity contribution in [1.82, 2.24) is 4.90 Å². The third-order valence-electron chi connectivity index (χ3n) is 3.51. The Balaban J connectivity index is 2.01. The van der Waals surface area contributed by atoms with Gasteiger partial charge in [-0.15, -0.1) is 0 Å². The molecule has 92 valence electrons. The van der Waals surface area contributed by atoms with E-state index < -0.39 is 15.8 Å². The zero-order valence-electron chi connectivity index (χ0n) is 9.13. The van der Waals surface area contributed by atoms with Crippen molar-refractivity contribution in [2.45, 2.75) is 37.8 Å². The van der Waals surface area contributed by atoms with Crippen molar-refractivity contribution >= 4 is 15.8 Å². The van der Waals surface area contributed by atoms with Crippen molar-refractivity contribution in [3.63, 3.8) is 0 Å². The number of hydrogen-bond acceptors (Lipinski definition) is 4. The van der Waals surface area contributed by atoms with Crippen molar-refractivity contribution in [1.29, 1.82) is 0 Å². The van der Waals surface area contributed by atoms with Crippen LogP contribution in [0.5, 0.6) is 0 Å². The summed E-state index contributed by atoms with van der Waals surface area (Å²) in [6.07, 6.45) is 2.66. The van der Waals surface area contributed by atoms with Gasteiger partial charge in [-0.05, 0) is 25.8 Å². The normalized spacial score (nSPS) is 34.2. The third kappa shape index (κ3) is 2.55. The molecular formula is C10H17NO4S. The van der Waals surface area contributed by atoms with E-state index in [0.717, 1.165) is 19.4 Å². The number of hydrogen-bond donors (Lipinski definition) is 1. The summed E-state index contributed by atoms with van der Waals surface area (Å²) in [4.78, 5) is 12.8. The Labute approximate surface area is 95.4 Å². The quantitative estimate of drug-likeness (QED) is 0.766. The summed E-state index contributed by atoms with van der Waals surface area (Å²) < 4.78 is 22.8. The maximum atomic E-state index is 11.4. The summed E-state index contributed by atoms with van der Waals surface area (Å²) in [6, 6.07) is 0.0904. The summed E-state index contributed by atoms with van der Waals surface area (Å²) in [7, 11) is -2.87. The Morgan fingerprint density at radius 2 is 2.12 bits per heavy atom. The van der Waals surface area contributed by atoms with Gasteiger partial charge in [0, 0.05) is 12.1 Å². The van der Waals surface area contributed by atoms with E-state index in [4.69, 9.17) is 5.11 Å². The first-order valence-electron chi connectivity index (χ1n) is 5.66. The van der Waals surface area contributed by atoms with Gasteiger partial charge in [0.25, 0.3) is 0 Å². The maximum absolute atomic E-state index is 11.4. The first kappa shape index (κ1) is 11.9. The molecule has 0 bridgehead atoms. The predicted molar refractivity (Wildman–Crippen MR) is 59.0 cm³/mol. The molecular weight excluding hydrogens is 230 g/mol. The molecule has 0 amide bonds. The van der Waals surface area contributed by atoms with Gasteiger partial charge < -0.3 is 5.11 Å². The molecule has 2 aliphatic heterocycles. The van der Waals surface area contributed by atoms with Crippen LogP contribution in [0.4, 0.5) is 0 Å². The molecule has 0 aromatic heterocycles. The van der Waals surface area contributed by atoms with Crippen LogP contribution in [0, 0.1) is 0 Å². The van der Waals surface area contributed by atoms with Crippen molar-refractivity contribution in [2.75, 3.05) is 18.1 Å². The molecule has 2 atom stereocenters. The van der Waals surface area contributed by atoms with Crippen LogP contribution in [-0.4, -0.2) is 54.5 Å². The van der Waals surface area contributed by atoms with Gasteiger partial charge in [0.2, 0.25) is 0 Å². The molecule has 0 radical (unpaired) electrons. The van der Waals surface area contributed by atoms with E-state index in [1.807, 2.05) is 0 Å². The standard InChI is InChI=1S/C10H17NO4S/c12-10(13)6-8-2-1-4-11(8)9-3-5-16(14,15)7-9/h8-9H,1-7H2,(H,12,13). The first-order chi connectivity index (χ1) is 7.48. The van der Waals surface area contributed by atoms with Gasteiger partial charge in [-0.3, -0.25) is 9.69 Å². The second-order valence-electron chi connectivity index (χ2n) is 4.69. The number of carbonyl (C=O) groups is 1. The van der Waals surface area contributed by atoms with Crippen LogP contribution < -0.4 is 0 Å². The highest BCUT2D eigenvalue weighted by molar-refractivity contribution is 7.91. The number of likely N-dealkylation sites (tertiary alicyclic amines) is 1. The van der Waals surface area contributed by atoms with E-state index in [9.17, 15) is 13.2 Å². The fraction of sp³-hybridized carbons (Fsp3) is 0.900. The van der Waals surface area contributed by atoms with E-state index >= 15 is 0 Å². The van der Waals surface area contributed by atoms with Crippen LogP contribution in [0.1, 0.15) is 25.7 Å². The average molecular weight is 247 g/mol. The molecule has 2 unspecified atom stereocenters. The fourth-order valence-corrected chi connectivity index (χ4v) is 4.54. The van der Waals surface area contributed by atoms with E-state index in [-0.39, 0.29) is 30.0 Å². The van der Waals surface area contributed by atoms with Gasteiger partial charge >= 0.3 is 5.97 Å². The Kier molecular flexibility index (Phi) is 3.21. The zero-order valence-corrected chi connectivity index (χ0v) is 9.95. The van der Waals surface area contributed by atoms with Crippen LogP contribution >= 0.6 is 0 Å². The summed E-state index contributed by atoms with van der Waals surface area (Å²) >= 11 is 0. The number of carboxylic acid groups (broad SMARTS) is 1. The Hall–Kier alpha value is -0.620. The Bertz CT molecular complexity index is 378. The lowest BCUT2D eigenvalue weighted by Crippen LogP contribution is -2.40. The summed E-state index contributed by atoms with van der Waals surface area (Å²) in [6.45, 7) is 0.845. The highest BCUT2D eigenvalue weighted by Gasteiger charge is 2.38. The maximum Gasteiger partial charge on any atom is 0.304 e. The number of carboxylic acids is 1. The number of rotatable bonds is 3. The smallest absolute Gasteiger partial charge is 0.304 e. The zero-order chi connectivity index (χ0) is 11.8. The van der Waals surface area contributed by atoms with Gasteiger partial charge in [-0.1, -0.05) is 0 Å². The lowest BCUT2D eigenvalue weighted by Gasteiger charge is -2.28. The van der Waals surface area contributed by atoms with Gasteiger partial charge in [-0.25, -0.2) is 8.42 Å². The number of sulfone groups is 1.